The third-order valence-corrected chi connectivity index (χ3v) is 5.07. The molecular formula is C23H28ClF2N7O2. The summed E-state index contributed by atoms with van der Waals surface area (Å²) in [6.45, 7) is 9.45. The molecule has 9 nitrogen and oxygen atoms in total. The van der Waals surface area contributed by atoms with E-state index in [-0.39, 0.29) is 22.7 Å². The van der Waals surface area contributed by atoms with E-state index in [0.717, 1.165) is 32.7 Å². The lowest BCUT2D eigenvalue weighted by Gasteiger charge is -2.27. The Bertz CT molecular complexity index is 1010. The van der Waals surface area contributed by atoms with Gasteiger partial charge in [0.1, 0.15) is 11.1 Å². The Morgan fingerprint density at radius 3 is 2.49 bits per heavy atom. The first-order valence-corrected chi connectivity index (χ1v) is 11.4. The van der Waals surface area contributed by atoms with E-state index in [0.29, 0.717) is 17.9 Å². The van der Waals surface area contributed by atoms with Crippen LogP contribution >= 0.6 is 11.6 Å². The van der Waals surface area contributed by atoms with Gasteiger partial charge in [-0.2, -0.15) is 10.2 Å². The van der Waals surface area contributed by atoms with Gasteiger partial charge in [0.2, 0.25) is 5.82 Å². The van der Waals surface area contributed by atoms with Gasteiger partial charge in [-0.3, -0.25) is 24.9 Å². The smallest absolute Gasteiger partial charge is 0.293 e. The summed E-state index contributed by atoms with van der Waals surface area (Å²) in [4.78, 5) is 32.0. The molecule has 0 aliphatic carbocycles. The molecule has 1 aliphatic heterocycles. The van der Waals surface area contributed by atoms with Crippen molar-refractivity contribution in [2.75, 3.05) is 37.7 Å². The number of aldehydes is 1. The highest BCUT2D eigenvalue weighted by Gasteiger charge is 2.19. The van der Waals surface area contributed by atoms with Crippen molar-refractivity contribution < 1.29 is 18.4 Å². The molecule has 0 spiro atoms. The largest absolute Gasteiger partial charge is 0.314 e. The number of anilines is 1. The molecule has 1 aromatic heterocycles. The van der Waals surface area contributed by atoms with Crippen molar-refractivity contribution in [3.8, 4) is 6.07 Å². The number of nitriles is 1. The minimum Gasteiger partial charge on any atom is -0.314 e. The molecule has 1 saturated heterocycles. The molecule has 0 unspecified atom stereocenters. The van der Waals surface area contributed by atoms with Crippen LogP contribution in [-0.4, -0.2) is 66.2 Å². The zero-order valence-electron chi connectivity index (χ0n) is 19.5. The number of aromatic nitrogens is 2. The minimum atomic E-state index is -2.80. The number of carbonyl (C=O) groups excluding carboxylic acids is 2. The summed E-state index contributed by atoms with van der Waals surface area (Å²) in [5.74, 6) is 0.260. The predicted molar refractivity (Wildman–Crippen MR) is 128 cm³/mol. The van der Waals surface area contributed by atoms with E-state index >= 15 is 0 Å². The lowest BCUT2D eigenvalue weighted by molar-refractivity contribution is -0.116. The Hall–Kier alpha value is -3.20. The topological polar surface area (TPSA) is 114 Å². The van der Waals surface area contributed by atoms with Crippen LogP contribution in [0.2, 0.25) is 5.02 Å². The maximum absolute atomic E-state index is 12.9. The Morgan fingerprint density at radius 2 is 1.94 bits per heavy atom. The molecule has 0 bridgehead atoms. The van der Waals surface area contributed by atoms with E-state index in [1.54, 1.807) is 5.01 Å². The fourth-order valence-electron chi connectivity index (χ4n) is 3.23. The molecule has 1 aliphatic rings. The summed E-state index contributed by atoms with van der Waals surface area (Å²) >= 11 is 6.24. The van der Waals surface area contributed by atoms with Gasteiger partial charge in [0.15, 0.2) is 12.1 Å². The molecule has 2 heterocycles. The molecule has 0 atom stereocenters. The number of alkyl halides is 2. The molecule has 35 heavy (non-hydrogen) atoms. The highest BCUT2D eigenvalue weighted by atomic mass is 35.5. The van der Waals surface area contributed by atoms with Crippen LogP contribution in [0.3, 0.4) is 0 Å². The summed E-state index contributed by atoms with van der Waals surface area (Å²) in [6, 6.07) is 9.51. The summed E-state index contributed by atoms with van der Waals surface area (Å²) in [5, 5.41) is 14.3. The van der Waals surface area contributed by atoms with Crippen LogP contribution in [0, 0.1) is 17.2 Å². The zero-order valence-corrected chi connectivity index (χ0v) is 20.3. The fourth-order valence-corrected chi connectivity index (χ4v) is 3.42. The minimum absolute atomic E-state index is 0.00493. The number of nitrogens with one attached hydrogen (secondary N) is 2. The van der Waals surface area contributed by atoms with Crippen molar-refractivity contribution in [1.29, 1.82) is 5.26 Å². The van der Waals surface area contributed by atoms with Crippen LogP contribution in [0.15, 0.2) is 30.5 Å². The number of nitrogens with zero attached hydrogens (tertiary/aromatic N) is 5. The Morgan fingerprint density at radius 1 is 1.31 bits per heavy atom. The first kappa shape index (κ1) is 28.0. The van der Waals surface area contributed by atoms with Crippen LogP contribution in [0.1, 0.15) is 35.6 Å². The monoisotopic (exact) mass is 507 g/mol. The molecule has 0 radical (unpaired) electrons. The average molecular weight is 508 g/mol. The highest BCUT2D eigenvalue weighted by Crippen LogP contribution is 2.22. The Balaban J connectivity index is 0.000000784. The van der Waals surface area contributed by atoms with Gasteiger partial charge in [0, 0.05) is 44.8 Å². The van der Waals surface area contributed by atoms with Crippen molar-refractivity contribution in [1.82, 2.24) is 25.6 Å². The van der Waals surface area contributed by atoms with Crippen LogP contribution in [0.25, 0.3) is 0 Å². The number of hydrogen-bond donors (Lipinski definition) is 2. The second-order valence-electron chi connectivity index (χ2n) is 8.12. The van der Waals surface area contributed by atoms with Crippen LogP contribution < -0.4 is 15.8 Å². The lowest BCUT2D eigenvalue weighted by Crippen LogP contribution is -2.45. The molecule has 0 saturated carbocycles. The Labute approximate surface area is 208 Å². The second kappa shape index (κ2) is 14.3. The van der Waals surface area contributed by atoms with Gasteiger partial charge < -0.3 is 5.32 Å². The van der Waals surface area contributed by atoms with Gasteiger partial charge in [-0.05, 0) is 23.6 Å². The quantitative estimate of drug-likeness (QED) is 0.414. The molecule has 188 valence electrons. The van der Waals surface area contributed by atoms with Gasteiger partial charge in [-0.1, -0.05) is 37.6 Å². The molecular weight excluding hydrogens is 480 g/mol. The van der Waals surface area contributed by atoms with Crippen molar-refractivity contribution in [3.05, 3.63) is 52.4 Å². The highest BCUT2D eigenvalue weighted by molar-refractivity contribution is 6.32. The number of hydrazine groups is 1. The number of carbonyl (C=O) groups is 2. The molecule has 1 fully saturated rings. The van der Waals surface area contributed by atoms with Crippen molar-refractivity contribution in [2.24, 2.45) is 5.92 Å². The SMILES string of the molecule is CC(C)CN(NC(=O)c1ccc(CN2CCNCC2)cc1)c1nc(C#N)ncc1Cl.O=CC(F)F. The summed E-state index contributed by atoms with van der Waals surface area (Å²) in [5.41, 5.74) is 4.58. The summed E-state index contributed by atoms with van der Waals surface area (Å²) in [6.07, 6.45) is -1.85. The fraction of sp³-hybridized carbons (Fsp3) is 0.435. The number of benzene rings is 1. The first-order valence-electron chi connectivity index (χ1n) is 11.0. The standard InChI is InChI=1S/C21H26ClN7O.C2H2F2O/c1-15(2)13-29(20-18(22)12-25-19(11-23)26-20)27-21(30)17-5-3-16(4-6-17)14-28-9-7-24-8-10-28;3-2(4)1-5/h3-6,12,15,24H,7-10,13-14H2,1-2H3,(H,27,30);1-2H. The zero-order chi connectivity index (χ0) is 25.8. The van der Waals surface area contributed by atoms with E-state index < -0.39 is 12.7 Å². The van der Waals surface area contributed by atoms with E-state index in [1.165, 1.54) is 11.8 Å². The van der Waals surface area contributed by atoms with E-state index in [1.807, 2.05) is 44.2 Å². The predicted octanol–water partition coefficient (Wildman–Crippen LogP) is 2.66. The molecule has 2 aromatic rings. The maximum Gasteiger partial charge on any atom is 0.293 e. The maximum atomic E-state index is 12.9. The van der Waals surface area contributed by atoms with Crippen LogP contribution in [-0.2, 0) is 11.3 Å². The number of hydrogen-bond acceptors (Lipinski definition) is 8. The number of amides is 1. The summed E-state index contributed by atoms with van der Waals surface area (Å²) < 4.78 is 20.8. The van der Waals surface area contributed by atoms with Gasteiger partial charge in [-0.25, -0.2) is 13.8 Å². The van der Waals surface area contributed by atoms with Gasteiger partial charge in [-0.15, -0.1) is 0 Å². The molecule has 1 aromatic carbocycles. The number of piperazine rings is 1. The molecule has 3 rings (SSSR count). The normalized spacial score (nSPS) is 13.5. The van der Waals surface area contributed by atoms with Crippen molar-refractivity contribution in [3.63, 3.8) is 0 Å². The van der Waals surface area contributed by atoms with Gasteiger partial charge in [0.05, 0.1) is 6.20 Å². The molecule has 1 amide bonds. The third kappa shape index (κ3) is 9.52. The van der Waals surface area contributed by atoms with Gasteiger partial charge in [0.25, 0.3) is 12.3 Å². The lowest BCUT2D eigenvalue weighted by atomic mass is 10.1. The molecule has 12 heteroatoms. The van der Waals surface area contributed by atoms with Crippen LogP contribution in [0.5, 0.6) is 0 Å². The van der Waals surface area contributed by atoms with E-state index in [2.05, 4.69) is 25.6 Å². The number of halogens is 3. The van der Waals surface area contributed by atoms with Crippen molar-refractivity contribution >= 4 is 29.6 Å². The first-order chi connectivity index (χ1) is 16.7. The van der Waals surface area contributed by atoms with Crippen LogP contribution in [0.4, 0.5) is 14.6 Å². The number of rotatable bonds is 8. The van der Waals surface area contributed by atoms with Gasteiger partial charge >= 0.3 is 0 Å². The van der Waals surface area contributed by atoms with Crippen molar-refractivity contribution in [2.45, 2.75) is 26.8 Å². The van der Waals surface area contributed by atoms with E-state index in [9.17, 15) is 13.6 Å². The average Bonchev–Trinajstić information content (AvgIpc) is 2.85. The Kier molecular flexibility index (Phi) is 11.4. The molecule has 2 N–H and O–H groups in total. The van der Waals surface area contributed by atoms with E-state index in [4.69, 9.17) is 21.7 Å². The third-order valence-electron chi connectivity index (χ3n) is 4.80. The summed E-state index contributed by atoms with van der Waals surface area (Å²) in [7, 11) is 0. The second-order valence-corrected chi connectivity index (χ2v) is 8.52.